The molecule has 8 nitrogen and oxygen atoms in total. The third kappa shape index (κ3) is 5.69. The Balaban J connectivity index is 1.85. The number of imidazole rings is 1. The smallest absolute Gasteiger partial charge is 0.355 e. The van der Waals surface area contributed by atoms with E-state index in [0.29, 0.717) is 39.5 Å². The first-order valence-corrected chi connectivity index (χ1v) is 11.9. The molecule has 0 amide bonds. The second-order valence-corrected chi connectivity index (χ2v) is 9.16. The van der Waals surface area contributed by atoms with Gasteiger partial charge in [0, 0.05) is 23.4 Å². The largest absolute Gasteiger partial charge is 0.481 e. The number of halogens is 1. The summed E-state index contributed by atoms with van der Waals surface area (Å²) in [6.07, 6.45) is 3.12. The quantitative estimate of drug-likeness (QED) is 0.311. The molecule has 0 radical (unpaired) electrons. The molecule has 1 atom stereocenters. The van der Waals surface area contributed by atoms with Crippen LogP contribution < -0.4 is 9.47 Å². The molecule has 1 aromatic heterocycles. The molecule has 0 spiro atoms. The van der Waals surface area contributed by atoms with Crippen molar-refractivity contribution in [2.75, 3.05) is 12.5 Å². The molecular weight excluding hydrogens is 456 g/mol. The Kier molecular flexibility index (Phi) is 8.31. The number of aliphatic carboxylic acids is 1. The normalized spacial score (nSPS) is 13.3. The molecular formula is C22H27ClN2O6S. The van der Waals surface area contributed by atoms with Crippen LogP contribution in [0.15, 0.2) is 17.2 Å². The maximum absolute atomic E-state index is 12.2. The predicted molar refractivity (Wildman–Crippen MR) is 121 cm³/mol. The molecule has 2 aromatic rings. The lowest BCUT2D eigenvalue weighted by Crippen LogP contribution is -2.14. The Morgan fingerprint density at radius 1 is 1.22 bits per heavy atom. The number of rotatable bonds is 12. The highest BCUT2D eigenvalue weighted by Crippen LogP contribution is 2.38. The zero-order chi connectivity index (χ0) is 23.3. The Morgan fingerprint density at radius 2 is 1.94 bits per heavy atom. The number of thioether (sulfide) groups is 1. The minimum Gasteiger partial charge on any atom is -0.481 e. The lowest BCUT2D eigenvalue weighted by Gasteiger charge is -2.15. The highest BCUT2D eigenvalue weighted by molar-refractivity contribution is 7.99. The topological polar surface area (TPSA) is 111 Å². The van der Waals surface area contributed by atoms with Gasteiger partial charge in [-0.2, -0.15) is 0 Å². The van der Waals surface area contributed by atoms with Crippen molar-refractivity contribution in [2.45, 2.75) is 63.4 Å². The zero-order valence-electron chi connectivity index (χ0n) is 18.1. The van der Waals surface area contributed by atoms with Gasteiger partial charge >= 0.3 is 11.9 Å². The van der Waals surface area contributed by atoms with Crippen molar-refractivity contribution in [1.82, 2.24) is 9.55 Å². The summed E-state index contributed by atoms with van der Waals surface area (Å²) in [7, 11) is 0. The van der Waals surface area contributed by atoms with Crippen LogP contribution in [0.1, 0.15) is 73.7 Å². The fourth-order valence-corrected chi connectivity index (χ4v) is 4.70. The van der Waals surface area contributed by atoms with E-state index in [1.165, 1.54) is 11.8 Å². The molecule has 174 valence electrons. The lowest BCUT2D eigenvalue weighted by molar-refractivity contribution is -0.137. The number of carbonyl (C=O) groups is 2. The first kappa shape index (κ1) is 24.3. The van der Waals surface area contributed by atoms with Crippen molar-refractivity contribution < 1.29 is 29.3 Å². The van der Waals surface area contributed by atoms with Gasteiger partial charge in [0.1, 0.15) is 10.9 Å². The molecule has 0 fully saturated rings. The molecule has 1 unspecified atom stereocenters. The summed E-state index contributed by atoms with van der Waals surface area (Å²) in [6.45, 7) is 4.44. The fraction of sp³-hybridized carbons (Fsp3) is 0.500. The second-order valence-electron chi connectivity index (χ2n) is 7.67. The Labute approximate surface area is 195 Å². The summed E-state index contributed by atoms with van der Waals surface area (Å²) in [5.74, 6) is 0.744. The minimum absolute atomic E-state index is 0.0609. The summed E-state index contributed by atoms with van der Waals surface area (Å²) in [4.78, 5) is 27.6. The van der Waals surface area contributed by atoms with Crippen LogP contribution in [0, 0.1) is 0 Å². The number of fused-ring (bicyclic) bond motifs is 1. The van der Waals surface area contributed by atoms with Gasteiger partial charge in [-0.25, -0.2) is 9.78 Å². The molecule has 3 rings (SSSR count). The molecule has 2 N–H and O–H groups in total. The van der Waals surface area contributed by atoms with Crippen LogP contribution in [0.25, 0.3) is 0 Å². The van der Waals surface area contributed by atoms with Crippen LogP contribution in [0.2, 0.25) is 5.02 Å². The monoisotopic (exact) mass is 482 g/mol. The number of carboxylic acid groups (broad SMARTS) is 2. The van der Waals surface area contributed by atoms with Crippen molar-refractivity contribution in [2.24, 2.45) is 0 Å². The second kappa shape index (κ2) is 11.0. The summed E-state index contributed by atoms with van der Waals surface area (Å²) in [5, 5.41) is 19.7. The molecule has 2 heterocycles. The molecule has 0 saturated heterocycles. The summed E-state index contributed by atoms with van der Waals surface area (Å²) in [5.41, 5.74) is 0.871. The van der Waals surface area contributed by atoms with Crippen molar-refractivity contribution in [3.05, 3.63) is 34.2 Å². The Bertz CT molecular complexity index is 993. The fourth-order valence-electron chi connectivity index (χ4n) is 3.45. The zero-order valence-corrected chi connectivity index (χ0v) is 19.7. The summed E-state index contributed by atoms with van der Waals surface area (Å²) < 4.78 is 12.5. The van der Waals surface area contributed by atoms with E-state index in [1.807, 2.05) is 13.8 Å². The third-order valence-electron chi connectivity index (χ3n) is 5.36. The summed E-state index contributed by atoms with van der Waals surface area (Å²) >= 11 is 7.85. The van der Waals surface area contributed by atoms with Crippen LogP contribution in [0.5, 0.6) is 11.5 Å². The highest BCUT2D eigenvalue weighted by Gasteiger charge is 2.26. The van der Waals surface area contributed by atoms with Gasteiger partial charge in [0.2, 0.25) is 6.79 Å². The number of nitrogens with zero attached hydrogens (tertiary/aromatic N) is 2. The van der Waals surface area contributed by atoms with Crippen LogP contribution in [-0.4, -0.2) is 44.2 Å². The average Bonchev–Trinajstić information content (AvgIpc) is 3.34. The van der Waals surface area contributed by atoms with Gasteiger partial charge in [0.25, 0.3) is 0 Å². The van der Waals surface area contributed by atoms with E-state index in [0.717, 1.165) is 24.8 Å². The van der Waals surface area contributed by atoms with E-state index in [2.05, 4.69) is 0 Å². The standard InChI is InChI=1S/C22H27ClN2O6S/c1-3-13(2)20-24-21(32-8-6-4-5-7-18(26)27)19(22(28)29)25(20)11-14-9-16-17(10-15(14)23)31-12-30-16/h9-10,13H,3-8,11-12H2,1-2H3,(H,26,27)(H,28,29). The van der Waals surface area contributed by atoms with Gasteiger partial charge in [-0.1, -0.05) is 31.9 Å². The lowest BCUT2D eigenvalue weighted by atomic mass is 10.1. The number of hydrogen-bond donors (Lipinski definition) is 2. The van der Waals surface area contributed by atoms with Crippen molar-refractivity contribution in [3.8, 4) is 11.5 Å². The molecule has 32 heavy (non-hydrogen) atoms. The SMILES string of the molecule is CCC(C)c1nc(SCCCCCC(=O)O)c(C(=O)O)n1Cc1cc2c(cc1Cl)OCO2. The highest BCUT2D eigenvalue weighted by atomic mass is 35.5. The van der Waals surface area contributed by atoms with E-state index < -0.39 is 11.9 Å². The van der Waals surface area contributed by atoms with Crippen LogP contribution in [-0.2, 0) is 11.3 Å². The van der Waals surface area contributed by atoms with Crippen molar-refractivity contribution in [3.63, 3.8) is 0 Å². The molecule has 0 saturated carbocycles. The molecule has 10 heteroatoms. The van der Waals surface area contributed by atoms with Gasteiger partial charge in [-0.15, -0.1) is 11.8 Å². The van der Waals surface area contributed by atoms with Crippen LogP contribution >= 0.6 is 23.4 Å². The third-order valence-corrected chi connectivity index (χ3v) is 6.77. The van der Waals surface area contributed by atoms with Crippen molar-refractivity contribution in [1.29, 1.82) is 0 Å². The Hall–Kier alpha value is -2.39. The van der Waals surface area contributed by atoms with E-state index in [9.17, 15) is 14.7 Å². The number of aromatic carboxylic acids is 1. The average molecular weight is 483 g/mol. The van der Waals surface area contributed by atoms with E-state index >= 15 is 0 Å². The molecule has 1 aliphatic rings. The number of ether oxygens (including phenoxy) is 2. The Morgan fingerprint density at radius 3 is 2.59 bits per heavy atom. The van der Waals surface area contributed by atoms with E-state index in [4.69, 9.17) is 31.2 Å². The maximum atomic E-state index is 12.2. The molecule has 0 aliphatic carbocycles. The van der Waals surface area contributed by atoms with Gasteiger partial charge in [-0.3, -0.25) is 4.79 Å². The number of unbranched alkanes of at least 4 members (excludes halogenated alkanes) is 2. The molecule has 0 bridgehead atoms. The predicted octanol–water partition coefficient (Wildman–Crippen LogP) is 5.26. The van der Waals surface area contributed by atoms with Gasteiger partial charge in [-0.05, 0) is 36.6 Å². The minimum atomic E-state index is -1.04. The first-order valence-electron chi connectivity index (χ1n) is 10.6. The number of benzene rings is 1. The van der Waals surface area contributed by atoms with Crippen LogP contribution in [0.4, 0.5) is 0 Å². The summed E-state index contributed by atoms with van der Waals surface area (Å²) in [6, 6.07) is 3.47. The van der Waals surface area contributed by atoms with Gasteiger partial charge in [0.15, 0.2) is 17.2 Å². The van der Waals surface area contributed by atoms with Crippen LogP contribution in [0.3, 0.4) is 0 Å². The maximum Gasteiger partial charge on any atom is 0.355 e. The van der Waals surface area contributed by atoms with Crippen molar-refractivity contribution >= 4 is 35.3 Å². The van der Waals surface area contributed by atoms with Gasteiger partial charge in [0.05, 0.1) is 6.54 Å². The number of carboxylic acids is 2. The first-order chi connectivity index (χ1) is 15.3. The van der Waals surface area contributed by atoms with Gasteiger partial charge < -0.3 is 24.3 Å². The van der Waals surface area contributed by atoms with E-state index in [1.54, 1.807) is 16.7 Å². The number of hydrogen-bond acceptors (Lipinski definition) is 6. The molecule has 1 aliphatic heterocycles. The number of aromatic nitrogens is 2. The van der Waals surface area contributed by atoms with E-state index in [-0.39, 0.29) is 31.4 Å². The molecule has 1 aromatic carbocycles.